The number of nitrogens with one attached hydrogen (secondary N) is 1. The minimum absolute atomic E-state index is 0.122. The molecular formula is C27H36N6O3. The summed E-state index contributed by atoms with van der Waals surface area (Å²) in [4.78, 5) is 30.3. The van der Waals surface area contributed by atoms with E-state index in [0.29, 0.717) is 30.5 Å². The van der Waals surface area contributed by atoms with Crippen LogP contribution in [0.25, 0.3) is 0 Å². The van der Waals surface area contributed by atoms with Gasteiger partial charge in [-0.2, -0.15) is 4.98 Å². The highest BCUT2D eigenvalue weighted by atomic mass is 16.5. The Kier molecular flexibility index (Phi) is 6.46. The van der Waals surface area contributed by atoms with Gasteiger partial charge in [0.15, 0.2) is 5.82 Å². The predicted molar refractivity (Wildman–Crippen MR) is 138 cm³/mol. The number of anilines is 1. The molecule has 192 valence electrons. The molecule has 3 fully saturated rings. The van der Waals surface area contributed by atoms with Gasteiger partial charge in [0.05, 0.1) is 44.1 Å². The van der Waals surface area contributed by atoms with E-state index in [1.165, 1.54) is 5.56 Å². The van der Waals surface area contributed by atoms with Gasteiger partial charge in [0.25, 0.3) is 0 Å². The number of aliphatic hydroxyl groups is 1. The summed E-state index contributed by atoms with van der Waals surface area (Å²) in [6.07, 6.45) is 7.52. The van der Waals surface area contributed by atoms with Crippen LogP contribution in [0.4, 0.5) is 10.5 Å². The molecule has 1 aromatic heterocycles. The van der Waals surface area contributed by atoms with Crippen molar-refractivity contribution >= 4 is 18.4 Å². The van der Waals surface area contributed by atoms with Gasteiger partial charge in [0.1, 0.15) is 5.69 Å². The van der Waals surface area contributed by atoms with Gasteiger partial charge in [-0.3, -0.25) is 9.89 Å². The quantitative estimate of drug-likeness (QED) is 0.549. The van der Waals surface area contributed by atoms with Crippen molar-refractivity contribution in [1.29, 1.82) is 0 Å². The van der Waals surface area contributed by atoms with E-state index in [1.807, 2.05) is 18.0 Å². The van der Waals surface area contributed by atoms with Gasteiger partial charge in [0.2, 0.25) is 5.88 Å². The monoisotopic (exact) mass is 492 g/mol. The molecule has 2 heterocycles. The molecule has 1 saturated heterocycles. The van der Waals surface area contributed by atoms with Crippen LogP contribution in [-0.2, 0) is 12.1 Å². The second kappa shape index (κ2) is 9.44. The summed E-state index contributed by atoms with van der Waals surface area (Å²) in [6.45, 7) is 4.64. The summed E-state index contributed by atoms with van der Waals surface area (Å²) in [5.74, 6) is 0.841. The molecular weight excluding hydrogens is 456 g/mol. The molecule has 3 aliphatic rings. The molecule has 0 unspecified atom stereocenters. The van der Waals surface area contributed by atoms with E-state index in [0.717, 1.165) is 44.9 Å². The van der Waals surface area contributed by atoms with Gasteiger partial charge < -0.3 is 20.1 Å². The smallest absolute Gasteiger partial charge is 0.325 e. The van der Waals surface area contributed by atoms with Crippen LogP contribution in [0.3, 0.4) is 0 Å². The Morgan fingerprint density at radius 3 is 2.47 bits per heavy atom. The number of hydrogen-bond donors (Lipinski definition) is 2. The molecule has 0 bridgehead atoms. The van der Waals surface area contributed by atoms with Gasteiger partial charge in [-0.1, -0.05) is 30.3 Å². The summed E-state index contributed by atoms with van der Waals surface area (Å²) in [5, 5.41) is 14.7. The first-order valence-corrected chi connectivity index (χ1v) is 12.8. The normalized spacial score (nSPS) is 27.2. The summed E-state index contributed by atoms with van der Waals surface area (Å²) < 4.78 is 5.56. The Balaban J connectivity index is 1.47. The van der Waals surface area contributed by atoms with Crippen molar-refractivity contribution in [1.82, 2.24) is 20.2 Å². The number of hydrogen-bond acceptors (Lipinski definition) is 7. The molecule has 9 heteroatoms. The number of carbonyl (C=O) groups is 1. The zero-order chi connectivity index (χ0) is 25.4. The number of ether oxygens (including phenoxy) is 1. The van der Waals surface area contributed by atoms with E-state index in [4.69, 9.17) is 4.74 Å². The number of methoxy groups -OCH3 is 1. The lowest BCUT2D eigenvalue weighted by atomic mass is 9.68. The van der Waals surface area contributed by atoms with E-state index in [9.17, 15) is 9.90 Å². The number of nitrogens with zero attached hydrogens (tertiary/aromatic N) is 5. The summed E-state index contributed by atoms with van der Waals surface area (Å²) in [5.41, 5.74) is 0.488. The summed E-state index contributed by atoms with van der Waals surface area (Å²) >= 11 is 0. The van der Waals surface area contributed by atoms with Gasteiger partial charge in [-0.15, -0.1) is 0 Å². The fourth-order valence-electron chi connectivity index (χ4n) is 6.17. The van der Waals surface area contributed by atoms with Gasteiger partial charge in [0, 0.05) is 5.54 Å². The van der Waals surface area contributed by atoms with Crippen LogP contribution in [0, 0.1) is 0 Å². The number of aliphatic imine (C=N–C) groups is 1. The number of rotatable bonds is 8. The molecule has 0 atom stereocenters. The highest BCUT2D eigenvalue weighted by Gasteiger charge is 2.56. The summed E-state index contributed by atoms with van der Waals surface area (Å²) in [6, 6.07) is 10.4. The first kappa shape index (κ1) is 24.6. The van der Waals surface area contributed by atoms with Crippen molar-refractivity contribution in [2.24, 2.45) is 4.99 Å². The Morgan fingerprint density at radius 1 is 1.17 bits per heavy atom. The van der Waals surface area contributed by atoms with Crippen molar-refractivity contribution in [3.63, 3.8) is 0 Å². The van der Waals surface area contributed by atoms with Crippen molar-refractivity contribution < 1.29 is 14.6 Å². The first-order valence-electron chi connectivity index (χ1n) is 12.8. The van der Waals surface area contributed by atoms with Crippen molar-refractivity contribution in [2.75, 3.05) is 32.1 Å². The average Bonchev–Trinajstić information content (AvgIpc) is 3.15. The molecule has 2 aromatic rings. The third-order valence-corrected chi connectivity index (χ3v) is 8.59. The van der Waals surface area contributed by atoms with Crippen LogP contribution < -0.4 is 15.0 Å². The molecule has 2 aliphatic carbocycles. The average molecular weight is 493 g/mol. The molecule has 1 spiro atoms. The number of aromatic nitrogens is 2. The third-order valence-electron chi connectivity index (χ3n) is 8.59. The fraction of sp³-hybridized carbons (Fsp3) is 0.556. The molecule has 9 nitrogen and oxygen atoms in total. The molecule has 2 amide bonds. The molecule has 36 heavy (non-hydrogen) atoms. The molecule has 5 rings (SSSR count). The van der Waals surface area contributed by atoms with Gasteiger partial charge in [-0.05, 0) is 64.3 Å². The number of β-amino-alcohol motifs (C(OH)–C–C–N with tert-alkyl or cyclic N) is 1. The Hall–Kier alpha value is -3.04. The molecule has 1 aromatic carbocycles. The largest absolute Gasteiger partial charge is 0.479 e. The fourth-order valence-corrected chi connectivity index (χ4v) is 6.17. The second-order valence-corrected chi connectivity index (χ2v) is 10.5. The minimum atomic E-state index is -0.810. The zero-order valence-corrected chi connectivity index (χ0v) is 21.2. The zero-order valence-electron chi connectivity index (χ0n) is 21.2. The van der Waals surface area contributed by atoms with E-state index in [2.05, 4.69) is 51.3 Å². The Morgan fingerprint density at radius 2 is 1.89 bits per heavy atom. The molecule has 1 aliphatic heterocycles. The molecule has 2 N–H and O–H groups in total. The maximum absolute atomic E-state index is 14.0. The van der Waals surface area contributed by atoms with Crippen LogP contribution in [0.15, 0.2) is 41.5 Å². The van der Waals surface area contributed by atoms with Crippen molar-refractivity contribution in [3.8, 4) is 5.88 Å². The lowest BCUT2D eigenvalue weighted by Gasteiger charge is -2.50. The number of benzene rings is 1. The molecule has 2 saturated carbocycles. The highest BCUT2D eigenvalue weighted by molar-refractivity contribution is 5.96. The van der Waals surface area contributed by atoms with Crippen LogP contribution in [-0.4, -0.2) is 71.1 Å². The van der Waals surface area contributed by atoms with Crippen LogP contribution in [0.5, 0.6) is 5.88 Å². The van der Waals surface area contributed by atoms with E-state index in [1.54, 1.807) is 18.2 Å². The van der Waals surface area contributed by atoms with Crippen LogP contribution >= 0.6 is 0 Å². The topological polar surface area (TPSA) is 103 Å². The maximum Gasteiger partial charge on any atom is 0.325 e. The highest BCUT2D eigenvalue weighted by Crippen LogP contribution is 2.49. The number of urea groups is 1. The first-order chi connectivity index (χ1) is 17.4. The van der Waals surface area contributed by atoms with E-state index >= 15 is 0 Å². The SMILES string of the molecule is C=NCc1ncc(N2C[C@]3(CC[C@@](NC)(c4ccccc4)CC3)N(CC3(O)CCC3)C2=O)c(OC)n1. The Labute approximate surface area is 212 Å². The molecule has 0 radical (unpaired) electrons. The summed E-state index contributed by atoms with van der Waals surface area (Å²) in [7, 11) is 3.57. The van der Waals surface area contributed by atoms with E-state index in [-0.39, 0.29) is 23.7 Å². The lowest BCUT2D eigenvalue weighted by Crippen LogP contribution is -2.59. The van der Waals surface area contributed by atoms with Gasteiger partial charge in [-0.25, -0.2) is 9.78 Å². The third kappa shape index (κ3) is 4.14. The lowest BCUT2D eigenvalue weighted by molar-refractivity contribution is -0.0690. The number of carbonyl (C=O) groups excluding carboxylic acids is 1. The van der Waals surface area contributed by atoms with E-state index < -0.39 is 5.60 Å². The van der Waals surface area contributed by atoms with Crippen LogP contribution in [0.2, 0.25) is 0 Å². The van der Waals surface area contributed by atoms with Gasteiger partial charge >= 0.3 is 6.03 Å². The standard InChI is InChI=1S/C27H36N6O3/c1-28-17-22-30-16-21(23(31-22)36-3)32-18-25(33(24(32)34)19-26(35)10-7-11-26)12-14-27(29-2,15-13-25)20-8-5-4-6-9-20/h4-6,8-9,16,29,35H,1,7,10-15,17-19H2,2-3H3/t25-,27+. The van der Waals surface area contributed by atoms with Crippen molar-refractivity contribution in [2.45, 2.75) is 68.2 Å². The maximum atomic E-state index is 14.0. The Bertz CT molecular complexity index is 1110. The van der Waals surface area contributed by atoms with Crippen molar-refractivity contribution in [3.05, 3.63) is 47.9 Å². The second-order valence-electron chi connectivity index (χ2n) is 10.5. The number of amides is 2. The van der Waals surface area contributed by atoms with Crippen LogP contribution in [0.1, 0.15) is 56.3 Å². The predicted octanol–water partition coefficient (Wildman–Crippen LogP) is 3.27. The minimum Gasteiger partial charge on any atom is -0.479 e.